The predicted molar refractivity (Wildman–Crippen MR) is 58.7 cm³/mol. The number of nitrogens with one attached hydrogen (secondary N) is 1. The number of hydrogen-bond donors (Lipinski definition) is 1. The van der Waals surface area contributed by atoms with Crippen molar-refractivity contribution in [1.29, 1.82) is 0 Å². The molecule has 0 saturated carbocycles. The fraction of sp³-hybridized carbons (Fsp3) is 0.455. The molecule has 1 aromatic rings. The fourth-order valence-electron chi connectivity index (χ4n) is 2.07. The summed E-state index contributed by atoms with van der Waals surface area (Å²) in [6, 6.07) is 5.91. The lowest BCUT2D eigenvalue weighted by molar-refractivity contribution is 0.00991. The van der Waals surface area contributed by atoms with E-state index in [4.69, 9.17) is 21.1 Å². The van der Waals surface area contributed by atoms with Gasteiger partial charge in [0.2, 0.25) is 0 Å². The zero-order valence-electron chi connectivity index (χ0n) is 8.20. The third-order valence-corrected chi connectivity index (χ3v) is 3.09. The molecule has 2 aliphatic heterocycles. The molecule has 0 aliphatic carbocycles. The van der Waals surface area contributed by atoms with Gasteiger partial charge < -0.3 is 14.8 Å². The average molecular weight is 226 g/mol. The largest absolute Gasteiger partial charge is 0.486 e. The van der Waals surface area contributed by atoms with Crippen molar-refractivity contribution in [3.8, 4) is 5.75 Å². The van der Waals surface area contributed by atoms with Gasteiger partial charge in [0.1, 0.15) is 11.9 Å². The lowest BCUT2D eigenvalue weighted by Gasteiger charge is -2.37. The molecule has 2 aliphatic rings. The molecule has 3 nitrogen and oxygen atoms in total. The molecule has 15 heavy (non-hydrogen) atoms. The van der Waals surface area contributed by atoms with Crippen molar-refractivity contribution in [1.82, 2.24) is 0 Å². The van der Waals surface area contributed by atoms with Gasteiger partial charge in [-0.05, 0) is 18.2 Å². The second kappa shape index (κ2) is 3.58. The first-order valence-electron chi connectivity index (χ1n) is 5.13. The Morgan fingerprint density at radius 2 is 2.33 bits per heavy atom. The highest BCUT2D eigenvalue weighted by Gasteiger charge is 2.32. The Kier molecular flexibility index (Phi) is 2.22. The molecular formula is C11H12ClNO2. The molecule has 0 spiro atoms. The molecule has 4 heteroatoms. The summed E-state index contributed by atoms with van der Waals surface area (Å²) in [6.45, 7) is 1.49. The highest BCUT2D eigenvalue weighted by atomic mass is 35.5. The van der Waals surface area contributed by atoms with E-state index in [1.165, 1.54) is 0 Å². The fourth-order valence-corrected chi connectivity index (χ4v) is 2.25. The molecular weight excluding hydrogens is 214 g/mol. The Balaban J connectivity index is 1.92. The van der Waals surface area contributed by atoms with Crippen molar-refractivity contribution in [2.75, 3.05) is 18.5 Å². The highest BCUT2D eigenvalue weighted by Crippen LogP contribution is 2.35. The summed E-state index contributed by atoms with van der Waals surface area (Å²) >= 11 is 5.92. The summed E-state index contributed by atoms with van der Waals surface area (Å²) in [5, 5.41) is 4.13. The maximum Gasteiger partial charge on any atom is 0.143 e. The minimum atomic E-state index is 0.229. The lowest BCUT2D eigenvalue weighted by atomic mass is 10.0. The summed E-state index contributed by atoms with van der Waals surface area (Å²) in [6.07, 6.45) is 1.17. The van der Waals surface area contributed by atoms with E-state index in [1.54, 1.807) is 0 Å². The molecule has 1 saturated heterocycles. The van der Waals surface area contributed by atoms with Gasteiger partial charge >= 0.3 is 0 Å². The Bertz CT molecular complexity index is 383. The molecule has 1 aromatic carbocycles. The van der Waals surface area contributed by atoms with Crippen LogP contribution in [-0.4, -0.2) is 25.4 Å². The van der Waals surface area contributed by atoms with Crippen LogP contribution in [0.25, 0.3) is 0 Å². The van der Waals surface area contributed by atoms with Crippen molar-refractivity contribution < 1.29 is 9.47 Å². The molecule has 2 atom stereocenters. The standard InChI is InChI=1S/C11H12ClNO2/c12-7-1-2-10-8(5-7)13-9-6-14-4-3-11(9)15-10/h1-2,5,9,11,13H,3-4,6H2. The van der Waals surface area contributed by atoms with E-state index in [0.717, 1.165) is 29.5 Å². The third kappa shape index (κ3) is 1.66. The number of hydrogen-bond acceptors (Lipinski definition) is 3. The van der Waals surface area contributed by atoms with Gasteiger partial charge in [0.15, 0.2) is 0 Å². The first-order chi connectivity index (χ1) is 7.33. The highest BCUT2D eigenvalue weighted by molar-refractivity contribution is 6.30. The molecule has 0 amide bonds. The summed E-state index contributed by atoms with van der Waals surface area (Å²) in [4.78, 5) is 0. The molecule has 0 radical (unpaired) electrons. The monoisotopic (exact) mass is 225 g/mol. The third-order valence-electron chi connectivity index (χ3n) is 2.85. The van der Waals surface area contributed by atoms with E-state index in [0.29, 0.717) is 6.61 Å². The zero-order valence-corrected chi connectivity index (χ0v) is 8.96. The van der Waals surface area contributed by atoms with Crippen molar-refractivity contribution in [2.45, 2.75) is 18.6 Å². The lowest BCUT2D eigenvalue weighted by Crippen LogP contribution is -2.48. The van der Waals surface area contributed by atoms with Crippen molar-refractivity contribution in [2.24, 2.45) is 0 Å². The number of anilines is 1. The van der Waals surface area contributed by atoms with E-state index in [1.807, 2.05) is 18.2 Å². The molecule has 80 valence electrons. The van der Waals surface area contributed by atoms with E-state index in [9.17, 15) is 0 Å². The number of fused-ring (bicyclic) bond motifs is 2. The van der Waals surface area contributed by atoms with Crippen LogP contribution in [0.15, 0.2) is 18.2 Å². The number of rotatable bonds is 0. The summed E-state index contributed by atoms with van der Waals surface area (Å²) < 4.78 is 11.3. The molecule has 1 fully saturated rings. The van der Waals surface area contributed by atoms with Crippen LogP contribution in [0, 0.1) is 0 Å². The van der Waals surface area contributed by atoms with Crippen LogP contribution < -0.4 is 10.1 Å². The van der Waals surface area contributed by atoms with Gasteiger partial charge in [0.25, 0.3) is 0 Å². The van der Waals surface area contributed by atoms with Crippen LogP contribution in [0.1, 0.15) is 6.42 Å². The maximum atomic E-state index is 5.92. The van der Waals surface area contributed by atoms with E-state index in [-0.39, 0.29) is 12.1 Å². The minimum Gasteiger partial charge on any atom is -0.486 e. The molecule has 2 heterocycles. The van der Waals surface area contributed by atoms with Crippen LogP contribution >= 0.6 is 11.6 Å². The number of ether oxygens (including phenoxy) is 2. The molecule has 0 aromatic heterocycles. The summed E-state index contributed by atoms with van der Waals surface area (Å²) in [5.41, 5.74) is 0.967. The van der Waals surface area contributed by atoms with Gasteiger partial charge in [-0.25, -0.2) is 0 Å². The van der Waals surface area contributed by atoms with Crippen LogP contribution in [-0.2, 0) is 4.74 Å². The van der Waals surface area contributed by atoms with Crippen molar-refractivity contribution >= 4 is 17.3 Å². The van der Waals surface area contributed by atoms with Crippen molar-refractivity contribution in [3.63, 3.8) is 0 Å². The van der Waals surface area contributed by atoms with Gasteiger partial charge in [-0.15, -0.1) is 0 Å². The zero-order chi connectivity index (χ0) is 10.3. The molecule has 2 unspecified atom stereocenters. The second-order valence-corrected chi connectivity index (χ2v) is 4.35. The van der Waals surface area contributed by atoms with Crippen LogP contribution in [0.3, 0.4) is 0 Å². The normalized spacial score (nSPS) is 28.3. The second-order valence-electron chi connectivity index (χ2n) is 3.91. The molecule has 0 bridgehead atoms. The van der Waals surface area contributed by atoms with E-state index >= 15 is 0 Å². The van der Waals surface area contributed by atoms with E-state index < -0.39 is 0 Å². The van der Waals surface area contributed by atoms with Crippen molar-refractivity contribution in [3.05, 3.63) is 23.2 Å². The Hall–Kier alpha value is -0.930. The SMILES string of the molecule is Clc1ccc2c(c1)NC1COCCC1O2. The molecule has 3 rings (SSSR count). The average Bonchev–Trinajstić information content (AvgIpc) is 2.26. The van der Waals surface area contributed by atoms with Crippen LogP contribution in [0.2, 0.25) is 5.02 Å². The van der Waals surface area contributed by atoms with Gasteiger partial charge in [0.05, 0.1) is 24.9 Å². The van der Waals surface area contributed by atoms with Gasteiger partial charge in [0, 0.05) is 11.4 Å². The Labute approximate surface area is 93.3 Å². The first-order valence-corrected chi connectivity index (χ1v) is 5.51. The summed E-state index contributed by atoms with van der Waals surface area (Å²) in [5.74, 6) is 0.891. The maximum absolute atomic E-state index is 5.92. The van der Waals surface area contributed by atoms with Gasteiger partial charge in [-0.2, -0.15) is 0 Å². The predicted octanol–water partition coefficient (Wildman–Crippen LogP) is 2.30. The number of benzene rings is 1. The first kappa shape index (κ1) is 9.31. The van der Waals surface area contributed by atoms with Gasteiger partial charge in [-0.1, -0.05) is 11.6 Å². The quantitative estimate of drug-likeness (QED) is 0.735. The smallest absolute Gasteiger partial charge is 0.143 e. The number of halogens is 1. The minimum absolute atomic E-state index is 0.229. The summed E-state index contributed by atoms with van der Waals surface area (Å²) in [7, 11) is 0. The Morgan fingerprint density at radius 3 is 3.27 bits per heavy atom. The van der Waals surface area contributed by atoms with Crippen LogP contribution in [0.5, 0.6) is 5.75 Å². The van der Waals surface area contributed by atoms with Crippen LogP contribution in [0.4, 0.5) is 5.69 Å². The van der Waals surface area contributed by atoms with E-state index in [2.05, 4.69) is 5.32 Å². The Morgan fingerprint density at radius 1 is 1.40 bits per heavy atom. The molecule has 1 N–H and O–H groups in total. The van der Waals surface area contributed by atoms with Gasteiger partial charge in [-0.3, -0.25) is 0 Å². The topological polar surface area (TPSA) is 30.5 Å².